The first-order chi connectivity index (χ1) is 4.29. The summed E-state index contributed by atoms with van der Waals surface area (Å²) < 4.78 is 12.4. The van der Waals surface area contributed by atoms with Crippen molar-refractivity contribution in [1.29, 1.82) is 0 Å². The van der Waals surface area contributed by atoms with Crippen LogP contribution in [-0.4, -0.2) is 0 Å². The molecule has 0 nitrogen and oxygen atoms in total. The minimum absolute atomic E-state index is 0.152. The van der Waals surface area contributed by atoms with Crippen LogP contribution in [0, 0.1) is 0 Å². The Balaban J connectivity index is 2.82. The zero-order valence-electron chi connectivity index (χ0n) is 5.39. The highest BCUT2D eigenvalue weighted by Crippen LogP contribution is 2.11. The normalized spacial score (nSPS) is 18.4. The molecule has 0 radical (unpaired) electrons. The summed E-state index contributed by atoms with van der Waals surface area (Å²) in [6, 6.07) is 0. The molecule has 0 aromatic carbocycles. The summed E-state index contributed by atoms with van der Waals surface area (Å²) in [5.41, 5.74) is 1.07. The molecular formula is C8H9F. The Bertz CT molecular complexity index is 185. The second-order valence-electron chi connectivity index (χ2n) is 2.17. The predicted molar refractivity (Wildman–Crippen MR) is 36.7 cm³/mol. The molecule has 0 bridgehead atoms. The van der Waals surface area contributed by atoms with Crippen LogP contribution in [0.2, 0.25) is 0 Å². The molecule has 0 N–H and O–H groups in total. The first kappa shape index (κ1) is 6.27. The van der Waals surface area contributed by atoms with Crippen molar-refractivity contribution in [3.8, 4) is 0 Å². The molecule has 0 aromatic rings. The molecule has 0 saturated carbocycles. The first-order valence-electron chi connectivity index (χ1n) is 2.98. The van der Waals surface area contributed by atoms with Crippen molar-refractivity contribution < 1.29 is 4.39 Å². The van der Waals surface area contributed by atoms with Crippen LogP contribution in [0.1, 0.15) is 13.3 Å². The maximum atomic E-state index is 12.4. The summed E-state index contributed by atoms with van der Waals surface area (Å²) in [6.07, 6.45) is 7.57. The zero-order valence-corrected chi connectivity index (χ0v) is 5.39. The van der Waals surface area contributed by atoms with Gasteiger partial charge in [-0.15, -0.1) is 0 Å². The minimum atomic E-state index is -0.152. The van der Waals surface area contributed by atoms with Gasteiger partial charge in [0.25, 0.3) is 0 Å². The van der Waals surface area contributed by atoms with Gasteiger partial charge in [-0.05, 0) is 25.5 Å². The Morgan fingerprint density at radius 1 is 1.56 bits per heavy atom. The maximum Gasteiger partial charge on any atom is 0.123 e. The molecular weight excluding hydrogens is 115 g/mol. The fourth-order valence-electron chi connectivity index (χ4n) is 0.756. The monoisotopic (exact) mass is 124 g/mol. The van der Waals surface area contributed by atoms with Gasteiger partial charge in [0.2, 0.25) is 0 Å². The van der Waals surface area contributed by atoms with Gasteiger partial charge in [-0.1, -0.05) is 17.7 Å². The summed E-state index contributed by atoms with van der Waals surface area (Å²) in [5.74, 6) is -0.152. The van der Waals surface area contributed by atoms with Crippen molar-refractivity contribution in [3.05, 3.63) is 35.7 Å². The van der Waals surface area contributed by atoms with Crippen LogP contribution in [0.25, 0.3) is 0 Å². The van der Waals surface area contributed by atoms with E-state index in [0.29, 0.717) is 0 Å². The van der Waals surface area contributed by atoms with E-state index in [2.05, 4.69) is 0 Å². The topological polar surface area (TPSA) is 0 Å². The Morgan fingerprint density at radius 3 is 3.11 bits per heavy atom. The van der Waals surface area contributed by atoms with E-state index in [-0.39, 0.29) is 5.83 Å². The molecule has 0 saturated heterocycles. The third-order valence-electron chi connectivity index (χ3n) is 1.22. The number of allylic oxidation sites excluding steroid dienone is 6. The van der Waals surface area contributed by atoms with Crippen LogP contribution in [-0.2, 0) is 0 Å². The smallest absolute Gasteiger partial charge is 0.123 e. The van der Waals surface area contributed by atoms with Crippen molar-refractivity contribution >= 4 is 0 Å². The lowest BCUT2D eigenvalue weighted by atomic mass is 10.2. The largest absolute Gasteiger partial charge is 0.207 e. The van der Waals surface area contributed by atoms with Crippen LogP contribution < -0.4 is 0 Å². The number of hydrogen-bond acceptors (Lipinski definition) is 0. The fourth-order valence-corrected chi connectivity index (χ4v) is 0.756. The van der Waals surface area contributed by atoms with Gasteiger partial charge >= 0.3 is 0 Å². The Labute approximate surface area is 54.4 Å². The Morgan fingerprint density at radius 2 is 2.33 bits per heavy atom. The quantitative estimate of drug-likeness (QED) is 0.465. The Hall–Kier alpha value is -0.850. The molecule has 0 heterocycles. The van der Waals surface area contributed by atoms with E-state index in [9.17, 15) is 4.39 Å². The average molecular weight is 124 g/mol. The molecule has 1 rings (SSSR count). The second kappa shape index (κ2) is 2.62. The highest BCUT2D eigenvalue weighted by atomic mass is 19.1. The summed E-state index contributed by atoms with van der Waals surface area (Å²) in [5, 5.41) is 0. The maximum absolute atomic E-state index is 12.4. The zero-order chi connectivity index (χ0) is 6.69. The van der Waals surface area contributed by atoms with Gasteiger partial charge in [-0.3, -0.25) is 0 Å². The second-order valence-corrected chi connectivity index (χ2v) is 2.17. The van der Waals surface area contributed by atoms with Gasteiger partial charge in [-0.2, -0.15) is 0 Å². The number of hydrogen-bond donors (Lipinski definition) is 0. The molecule has 0 spiro atoms. The summed E-state index contributed by atoms with van der Waals surface area (Å²) >= 11 is 0. The molecule has 1 heteroatoms. The molecule has 1 aliphatic carbocycles. The predicted octanol–water partition coefficient (Wildman–Crippen LogP) is 2.75. The molecule has 9 heavy (non-hydrogen) atoms. The van der Waals surface area contributed by atoms with E-state index in [1.165, 1.54) is 6.08 Å². The van der Waals surface area contributed by atoms with E-state index in [1.807, 2.05) is 13.0 Å². The highest BCUT2D eigenvalue weighted by Gasteiger charge is 1.92. The van der Waals surface area contributed by atoms with Crippen LogP contribution in [0.4, 0.5) is 4.39 Å². The molecule has 0 atom stereocenters. The average Bonchev–Trinajstić information content (AvgIpc) is 1.93. The molecule has 1 aliphatic rings. The number of rotatable bonds is 0. The summed E-state index contributed by atoms with van der Waals surface area (Å²) in [6.45, 7) is 1.92. The van der Waals surface area contributed by atoms with E-state index in [1.54, 1.807) is 12.2 Å². The van der Waals surface area contributed by atoms with Gasteiger partial charge in [0.15, 0.2) is 0 Å². The minimum Gasteiger partial charge on any atom is -0.207 e. The van der Waals surface area contributed by atoms with Crippen molar-refractivity contribution in [2.75, 3.05) is 0 Å². The lowest BCUT2D eigenvalue weighted by Crippen LogP contribution is -1.69. The molecule has 0 fully saturated rings. The molecule has 0 amide bonds. The standard InChI is InChI=1S/C8H9F/c1-7-4-2-3-5-8(9)6-7/h2-3,5-6H,4H2,1H3. The van der Waals surface area contributed by atoms with Crippen molar-refractivity contribution in [2.45, 2.75) is 13.3 Å². The third kappa shape index (κ3) is 1.84. The van der Waals surface area contributed by atoms with E-state index in [0.717, 1.165) is 12.0 Å². The lowest BCUT2D eigenvalue weighted by Gasteiger charge is -1.88. The van der Waals surface area contributed by atoms with Crippen molar-refractivity contribution in [2.24, 2.45) is 0 Å². The van der Waals surface area contributed by atoms with Crippen LogP contribution >= 0.6 is 0 Å². The van der Waals surface area contributed by atoms with E-state index >= 15 is 0 Å². The highest BCUT2D eigenvalue weighted by molar-refractivity contribution is 5.26. The van der Waals surface area contributed by atoms with Gasteiger partial charge < -0.3 is 0 Å². The van der Waals surface area contributed by atoms with Gasteiger partial charge in [-0.25, -0.2) is 4.39 Å². The molecule has 48 valence electrons. The van der Waals surface area contributed by atoms with E-state index in [4.69, 9.17) is 0 Å². The molecule has 0 aromatic heterocycles. The molecule has 0 unspecified atom stereocenters. The van der Waals surface area contributed by atoms with Crippen molar-refractivity contribution in [1.82, 2.24) is 0 Å². The van der Waals surface area contributed by atoms with Crippen molar-refractivity contribution in [3.63, 3.8) is 0 Å². The molecule has 0 aliphatic heterocycles. The van der Waals surface area contributed by atoms with E-state index < -0.39 is 0 Å². The van der Waals surface area contributed by atoms with Crippen LogP contribution in [0.15, 0.2) is 35.7 Å². The number of halogens is 1. The van der Waals surface area contributed by atoms with Gasteiger partial charge in [0.05, 0.1) is 0 Å². The van der Waals surface area contributed by atoms with Gasteiger partial charge in [0.1, 0.15) is 5.83 Å². The Kier molecular flexibility index (Phi) is 1.83. The van der Waals surface area contributed by atoms with Crippen LogP contribution in [0.5, 0.6) is 0 Å². The summed E-state index contributed by atoms with van der Waals surface area (Å²) in [7, 11) is 0. The summed E-state index contributed by atoms with van der Waals surface area (Å²) in [4.78, 5) is 0. The van der Waals surface area contributed by atoms with Crippen LogP contribution in [0.3, 0.4) is 0 Å². The van der Waals surface area contributed by atoms with Gasteiger partial charge in [0, 0.05) is 0 Å². The SMILES string of the molecule is CC1=CC(F)=CC=CC1. The first-order valence-corrected chi connectivity index (χ1v) is 2.98. The fraction of sp³-hybridized carbons (Fsp3) is 0.250. The third-order valence-corrected chi connectivity index (χ3v) is 1.22. The lowest BCUT2D eigenvalue weighted by molar-refractivity contribution is 0.666.